The first-order valence-corrected chi connectivity index (χ1v) is 12.2. The van der Waals surface area contributed by atoms with E-state index in [-0.39, 0.29) is 31.0 Å². The molecule has 0 radical (unpaired) electrons. The number of Topliss-reactive ketones (excluding diaryl/α,β-unsaturated/α-hetero) is 1. The van der Waals surface area contributed by atoms with E-state index in [0.29, 0.717) is 5.56 Å². The maximum absolute atomic E-state index is 13.2. The average molecular weight is 509 g/mol. The Morgan fingerprint density at radius 1 is 1.05 bits per heavy atom. The van der Waals surface area contributed by atoms with Gasteiger partial charge in [0.15, 0.2) is 11.6 Å². The van der Waals surface area contributed by atoms with Crippen LogP contribution in [-0.2, 0) is 28.8 Å². The molecule has 4 amide bonds. The van der Waals surface area contributed by atoms with Gasteiger partial charge in [-0.05, 0) is 30.9 Å². The third-order valence-corrected chi connectivity index (χ3v) is 6.62. The van der Waals surface area contributed by atoms with Crippen molar-refractivity contribution in [3.8, 4) is 0 Å². The summed E-state index contributed by atoms with van der Waals surface area (Å²) in [6, 6.07) is 7.15. The number of hydrogen-bond acceptors (Lipinski definition) is 7. The van der Waals surface area contributed by atoms with E-state index in [1.54, 1.807) is 62.4 Å². The predicted molar refractivity (Wildman–Crippen MR) is 134 cm³/mol. The van der Waals surface area contributed by atoms with E-state index in [0.717, 1.165) is 5.01 Å². The lowest BCUT2D eigenvalue weighted by molar-refractivity contribution is -0.144. The van der Waals surface area contributed by atoms with Crippen LogP contribution in [0.25, 0.3) is 0 Å². The molecule has 3 N–H and O–H groups in total. The topological polar surface area (TPSA) is 142 Å². The van der Waals surface area contributed by atoms with Crippen LogP contribution in [0.1, 0.15) is 44.7 Å². The molecule has 5 atom stereocenters. The highest BCUT2D eigenvalue weighted by atomic mass is 16.2. The summed E-state index contributed by atoms with van der Waals surface area (Å²) in [5, 5.41) is 6.32. The van der Waals surface area contributed by atoms with E-state index < -0.39 is 53.3 Å². The van der Waals surface area contributed by atoms with Gasteiger partial charge in [-0.2, -0.15) is 0 Å². The minimum absolute atomic E-state index is 0.182. The lowest BCUT2D eigenvalue weighted by Crippen LogP contribution is -2.54. The second kappa shape index (κ2) is 12.4. The molecular formula is C27H32N4O6. The predicted octanol–water partition coefficient (Wildman–Crippen LogP) is 1.15. The van der Waals surface area contributed by atoms with Crippen molar-refractivity contribution in [1.29, 1.82) is 0 Å². The number of rotatable bonds is 10. The molecule has 1 aromatic carbocycles. The summed E-state index contributed by atoms with van der Waals surface area (Å²) in [6.07, 6.45) is 6.00. The number of allylic oxidation sites excluding steroid dienone is 4. The number of amides is 4. The van der Waals surface area contributed by atoms with Crippen molar-refractivity contribution in [3.63, 3.8) is 0 Å². The Balaban J connectivity index is 1.69. The van der Waals surface area contributed by atoms with Gasteiger partial charge < -0.3 is 10.6 Å². The van der Waals surface area contributed by atoms with Crippen LogP contribution in [0.4, 0.5) is 0 Å². The monoisotopic (exact) mass is 508 g/mol. The van der Waals surface area contributed by atoms with Gasteiger partial charge in [0, 0.05) is 7.05 Å². The molecule has 1 aromatic rings. The maximum atomic E-state index is 13.2. The van der Waals surface area contributed by atoms with Gasteiger partial charge in [0.05, 0.1) is 30.8 Å². The summed E-state index contributed by atoms with van der Waals surface area (Å²) >= 11 is 0. The smallest absolute Gasteiger partial charge is 0.255 e. The van der Waals surface area contributed by atoms with Crippen LogP contribution < -0.4 is 16.1 Å². The van der Waals surface area contributed by atoms with Crippen molar-refractivity contribution in [1.82, 2.24) is 21.1 Å². The summed E-state index contributed by atoms with van der Waals surface area (Å²) in [5.74, 6) is -5.21. The summed E-state index contributed by atoms with van der Waals surface area (Å²) < 4.78 is 0. The Morgan fingerprint density at radius 3 is 2.41 bits per heavy atom. The van der Waals surface area contributed by atoms with Crippen LogP contribution >= 0.6 is 0 Å². The number of hydrazine groups is 1. The Labute approximate surface area is 215 Å². The lowest BCUT2D eigenvalue weighted by atomic mass is 9.72. The largest absolute Gasteiger partial charge is 0.348 e. The van der Waals surface area contributed by atoms with E-state index in [2.05, 4.69) is 16.1 Å². The van der Waals surface area contributed by atoms with Gasteiger partial charge in [-0.1, -0.05) is 55.5 Å². The molecule has 196 valence electrons. The Kier molecular flexibility index (Phi) is 9.24. The number of fused-ring (bicyclic) bond motifs is 1. The van der Waals surface area contributed by atoms with Crippen molar-refractivity contribution >= 4 is 35.2 Å². The van der Waals surface area contributed by atoms with E-state index in [1.165, 1.54) is 13.1 Å². The first-order valence-electron chi connectivity index (χ1n) is 12.2. The van der Waals surface area contributed by atoms with Crippen LogP contribution in [0, 0.1) is 17.8 Å². The van der Waals surface area contributed by atoms with Crippen LogP contribution in [-0.4, -0.2) is 53.3 Å². The van der Waals surface area contributed by atoms with Crippen molar-refractivity contribution < 1.29 is 28.8 Å². The molecule has 0 spiro atoms. The average Bonchev–Trinajstić information content (AvgIpc) is 3.10. The minimum atomic E-state index is -1.13. The molecule has 1 aliphatic carbocycles. The molecular weight excluding hydrogens is 476 g/mol. The first kappa shape index (κ1) is 27.7. The molecule has 1 saturated carbocycles. The number of imide groups is 1. The third-order valence-electron chi connectivity index (χ3n) is 6.62. The van der Waals surface area contributed by atoms with Crippen LogP contribution in [0.5, 0.6) is 0 Å². The number of carbonyl (C=O) groups excluding carboxylic acids is 6. The zero-order chi connectivity index (χ0) is 27.1. The van der Waals surface area contributed by atoms with E-state index in [4.69, 9.17) is 0 Å². The van der Waals surface area contributed by atoms with Gasteiger partial charge in [-0.15, -0.1) is 0 Å². The highest BCUT2D eigenvalue weighted by Gasteiger charge is 2.56. The molecule has 1 aliphatic heterocycles. The van der Waals surface area contributed by atoms with Gasteiger partial charge in [-0.25, -0.2) is 10.4 Å². The summed E-state index contributed by atoms with van der Waals surface area (Å²) in [5.41, 5.74) is 3.18. The van der Waals surface area contributed by atoms with Crippen molar-refractivity contribution in [2.45, 2.75) is 45.2 Å². The summed E-state index contributed by atoms with van der Waals surface area (Å²) in [6.45, 7) is 3.56. The molecule has 0 bridgehead atoms. The Bertz CT molecular complexity index is 1130. The molecule has 0 aromatic heterocycles. The third kappa shape index (κ3) is 6.45. The quantitative estimate of drug-likeness (QED) is 0.186. The van der Waals surface area contributed by atoms with Crippen molar-refractivity contribution in [3.05, 3.63) is 60.2 Å². The molecule has 1 saturated heterocycles. The molecule has 37 heavy (non-hydrogen) atoms. The Morgan fingerprint density at radius 2 is 1.76 bits per heavy atom. The second-order valence-electron chi connectivity index (χ2n) is 9.24. The minimum Gasteiger partial charge on any atom is -0.348 e. The fourth-order valence-corrected chi connectivity index (χ4v) is 4.82. The highest BCUT2D eigenvalue weighted by molar-refractivity contribution is 6.17. The fourth-order valence-electron chi connectivity index (χ4n) is 4.82. The second-order valence-corrected chi connectivity index (χ2v) is 9.24. The van der Waals surface area contributed by atoms with E-state index in [1.807, 2.05) is 0 Å². The molecule has 1 unspecified atom stereocenters. The van der Waals surface area contributed by atoms with Gasteiger partial charge in [-0.3, -0.25) is 28.8 Å². The number of benzene rings is 1. The van der Waals surface area contributed by atoms with Gasteiger partial charge in [0.1, 0.15) is 5.92 Å². The molecule has 1 heterocycles. The zero-order valence-corrected chi connectivity index (χ0v) is 21.1. The number of carbonyl (C=O) groups is 6. The number of ketones is 2. The molecule has 2 fully saturated rings. The highest BCUT2D eigenvalue weighted by Crippen LogP contribution is 2.38. The van der Waals surface area contributed by atoms with Crippen LogP contribution in [0.15, 0.2) is 54.6 Å². The number of nitrogens with one attached hydrogen (secondary N) is 3. The fraction of sp³-hybridized carbons (Fsp3) is 0.407. The zero-order valence-electron chi connectivity index (χ0n) is 21.1. The van der Waals surface area contributed by atoms with Crippen molar-refractivity contribution in [2.75, 3.05) is 7.05 Å². The van der Waals surface area contributed by atoms with E-state index in [9.17, 15) is 28.8 Å². The number of hydrogen-bond donors (Lipinski definition) is 3. The Hall–Kier alpha value is -3.92. The van der Waals surface area contributed by atoms with E-state index >= 15 is 0 Å². The van der Waals surface area contributed by atoms with Crippen LogP contribution in [0.2, 0.25) is 0 Å². The normalized spacial score (nSPS) is 24.4. The summed E-state index contributed by atoms with van der Waals surface area (Å²) in [7, 11) is 1.43. The van der Waals surface area contributed by atoms with Gasteiger partial charge in [0.2, 0.25) is 17.7 Å². The van der Waals surface area contributed by atoms with Crippen molar-refractivity contribution in [2.24, 2.45) is 17.8 Å². The standard InChI is InChI=1S/C27H32N4O6/c1-4-5-7-12-18(32)14-21(33)29-20(17-10-8-6-9-11-17)15-22(34)30-24-16(2)13-19-23(25(24)35)27(37)31(28-3)26(19)36/h4-12,16,19-20,23-24,28H,13-15H2,1-3H3,(H,29,33)(H,30,34)/b5-4+,12-7+/t16?,19-,20-,23+,24-/m0/s1. The molecule has 10 nitrogen and oxygen atoms in total. The maximum Gasteiger partial charge on any atom is 0.255 e. The SMILES string of the molecule is C/C=C/C=C/C(=O)CC(=O)N[C@@H](CC(=O)N[C@@H]1C(=O)[C@@H]2C(=O)N(NC)C(=O)[C@H]2CC1C)c1ccccc1. The van der Waals surface area contributed by atoms with Gasteiger partial charge >= 0.3 is 0 Å². The molecule has 10 heteroatoms. The lowest BCUT2D eigenvalue weighted by Gasteiger charge is -2.33. The first-order chi connectivity index (χ1) is 17.7. The molecule has 2 aliphatic rings. The van der Waals surface area contributed by atoms with Gasteiger partial charge in [0.25, 0.3) is 5.91 Å². The summed E-state index contributed by atoms with van der Waals surface area (Å²) in [4.78, 5) is 75.9. The number of nitrogens with zero attached hydrogens (tertiary/aromatic N) is 1. The van der Waals surface area contributed by atoms with Crippen LogP contribution in [0.3, 0.4) is 0 Å². The molecule has 3 rings (SSSR count).